The molecule has 182 valence electrons. The number of ether oxygens (including phenoxy) is 1. The van der Waals surface area contributed by atoms with Gasteiger partial charge in [0.15, 0.2) is 11.9 Å². The number of furan rings is 1. The molecular formula is C27H29N3O5. The van der Waals surface area contributed by atoms with E-state index in [4.69, 9.17) is 9.15 Å². The molecule has 8 heteroatoms. The normalized spacial score (nSPS) is 14.4. The second kappa shape index (κ2) is 10.5. The van der Waals surface area contributed by atoms with Crippen LogP contribution in [0.1, 0.15) is 39.0 Å². The molecule has 0 spiro atoms. The van der Waals surface area contributed by atoms with Crippen molar-refractivity contribution in [1.29, 1.82) is 0 Å². The van der Waals surface area contributed by atoms with Crippen LogP contribution >= 0.6 is 0 Å². The number of benzene rings is 2. The summed E-state index contributed by atoms with van der Waals surface area (Å²) in [6.45, 7) is 7.10. The number of anilines is 2. The standard InChI is InChI=1S/C27H29N3O5/c1-18-8-6-11-22(19(18)2)28-23-10-5-4-9-21(23)27(33)35-20(3)25(31)29-13-15-30(16-14-29)26(32)24-12-7-17-34-24/h4-12,17,20,28H,13-16H2,1-3H3/t20-/m0/s1. The minimum absolute atomic E-state index is 0.200. The molecule has 3 aromatic rings. The van der Waals surface area contributed by atoms with Gasteiger partial charge in [0.2, 0.25) is 0 Å². The zero-order valence-corrected chi connectivity index (χ0v) is 20.1. The van der Waals surface area contributed by atoms with Crippen molar-refractivity contribution in [2.24, 2.45) is 0 Å². The zero-order chi connectivity index (χ0) is 24.9. The van der Waals surface area contributed by atoms with Crippen LogP contribution in [-0.2, 0) is 9.53 Å². The molecule has 1 aliphatic rings. The van der Waals surface area contributed by atoms with Crippen molar-refractivity contribution in [1.82, 2.24) is 9.80 Å². The summed E-state index contributed by atoms with van der Waals surface area (Å²) in [5.41, 5.74) is 4.08. The zero-order valence-electron chi connectivity index (χ0n) is 20.1. The summed E-state index contributed by atoms with van der Waals surface area (Å²) >= 11 is 0. The smallest absolute Gasteiger partial charge is 0.341 e. The summed E-state index contributed by atoms with van der Waals surface area (Å²) in [6.07, 6.45) is 0.502. The van der Waals surface area contributed by atoms with E-state index in [1.54, 1.807) is 47.1 Å². The van der Waals surface area contributed by atoms with E-state index in [0.717, 1.165) is 16.8 Å². The first kappa shape index (κ1) is 24.1. The molecular weight excluding hydrogens is 446 g/mol. The lowest BCUT2D eigenvalue weighted by molar-refractivity contribution is -0.141. The van der Waals surface area contributed by atoms with Crippen LogP contribution in [0, 0.1) is 13.8 Å². The molecule has 0 radical (unpaired) electrons. The van der Waals surface area contributed by atoms with Crippen LogP contribution < -0.4 is 5.32 Å². The minimum atomic E-state index is -0.955. The number of carbonyl (C=O) groups is 3. The second-order valence-electron chi connectivity index (χ2n) is 8.56. The highest BCUT2D eigenvalue weighted by Crippen LogP contribution is 2.26. The predicted molar refractivity (Wildman–Crippen MR) is 132 cm³/mol. The van der Waals surface area contributed by atoms with Crippen molar-refractivity contribution in [3.05, 3.63) is 83.3 Å². The summed E-state index contributed by atoms with van der Waals surface area (Å²) in [6, 6.07) is 16.3. The van der Waals surface area contributed by atoms with Gasteiger partial charge >= 0.3 is 5.97 Å². The van der Waals surface area contributed by atoms with E-state index in [0.29, 0.717) is 37.4 Å². The number of nitrogens with zero attached hydrogens (tertiary/aromatic N) is 2. The van der Waals surface area contributed by atoms with Gasteiger partial charge in [0.25, 0.3) is 11.8 Å². The molecule has 1 N–H and O–H groups in total. The third-order valence-electron chi connectivity index (χ3n) is 6.26. The molecule has 1 fully saturated rings. The van der Waals surface area contributed by atoms with Gasteiger partial charge in [-0.1, -0.05) is 24.3 Å². The van der Waals surface area contributed by atoms with Crippen LogP contribution in [0.15, 0.2) is 65.3 Å². The molecule has 1 saturated heterocycles. The molecule has 4 rings (SSSR count). The topological polar surface area (TPSA) is 92.1 Å². The fourth-order valence-corrected chi connectivity index (χ4v) is 4.02. The van der Waals surface area contributed by atoms with Gasteiger partial charge < -0.3 is 24.3 Å². The summed E-state index contributed by atoms with van der Waals surface area (Å²) in [5, 5.41) is 3.31. The first-order valence-corrected chi connectivity index (χ1v) is 11.6. The number of aryl methyl sites for hydroxylation is 1. The molecule has 8 nitrogen and oxygen atoms in total. The first-order chi connectivity index (χ1) is 16.8. The van der Waals surface area contributed by atoms with Crippen molar-refractivity contribution in [3.8, 4) is 0 Å². The van der Waals surface area contributed by atoms with Crippen molar-refractivity contribution < 1.29 is 23.5 Å². The van der Waals surface area contributed by atoms with E-state index in [2.05, 4.69) is 5.32 Å². The third kappa shape index (κ3) is 5.37. The molecule has 2 amide bonds. The Kier molecular flexibility index (Phi) is 7.19. The lowest BCUT2D eigenvalue weighted by Crippen LogP contribution is -2.53. The van der Waals surface area contributed by atoms with Crippen LogP contribution in [0.2, 0.25) is 0 Å². The number of nitrogens with one attached hydrogen (secondary N) is 1. The van der Waals surface area contributed by atoms with Gasteiger partial charge in [0.1, 0.15) is 0 Å². The Morgan fingerprint density at radius 1 is 0.886 bits per heavy atom. The molecule has 35 heavy (non-hydrogen) atoms. The Morgan fingerprint density at radius 3 is 2.29 bits per heavy atom. The van der Waals surface area contributed by atoms with Crippen LogP contribution in [0.4, 0.5) is 11.4 Å². The van der Waals surface area contributed by atoms with Gasteiger partial charge in [-0.2, -0.15) is 0 Å². The van der Waals surface area contributed by atoms with Crippen LogP contribution in [0.3, 0.4) is 0 Å². The summed E-state index contributed by atoms with van der Waals surface area (Å²) in [4.78, 5) is 41.6. The molecule has 2 aromatic carbocycles. The average Bonchev–Trinajstić information content (AvgIpc) is 3.41. The van der Waals surface area contributed by atoms with Gasteiger partial charge in [0, 0.05) is 31.9 Å². The van der Waals surface area contributed by atoms with Gasteiger partial charge in [-0.05, 0) is 62.2 Å². The molecule has 1 aromatic heterocycles. The predicted octanol–water partition coefficient (Wildman–Crippen LogP) is 4.17. The Hall–Kier alpha value is -4.07. The average molecular weight is 476 g/mol. The molecule has 0 saturated carbocycles. The second-order valence-corrected chi connectivity index (χ2v) is 8.56. The Balaban J connectivity index is 1.37. The highest BCUT2D eigenvalue weighted by molar-refractivity contribution is 5.98. The minimum Gasteiger partial charge on any atom is -0.459 e. The lowest BCUT2D eigenvalue weighted by Gasteiger charge is -2.35. The fourth-order valence-electron chi connectivity index (χ4n) is 4.02. The van der Waals surface area contributed by atoms with Gasteiger partial charge in [-0.3, -0.25) is 9.59 Å². The number of rotatable bonds is 6. The van der Waals surface area contributed by atoms with Crippen LogP contribution in [0.5, 0.6) is 0 Å². The molecule has 0 bridgehead atoms. The summed E-state index contributed by atoms with van der Waals surface area (Å²) in [5.74, 6) is -0.788. The van der Waals surface area contributed by atoms with E-state index in [1.165, 1.54) is 6.26 Å². The Bertz CT molecular complexity index is 1210. The van der Waals surface area contributed by atoms with E-state index < -0.39 is 12.1 Å². The van der Waals surface area contributed by atoms with E-state index in [9.17, 15) is 14.4 Å². The fraction of sp³-hybridized carbons (Fsp3) is 0.296. The first-order valence-electron chi connectivity index (χ1n) is 11.6. The van der Waals surface area contributed by atoms with Gasteiger partial charge in [-0.25, -0.2) is 4.79 Å². The van der Waals surface area contributed by atoms with E-state index >= 15 is 0 Å². The Morgan fingerprint density at radius 2 is 1.57 bits per heavy atom. The van der Waals surface area contributed by atoms with Crippen molar-refractivity contribution in [3.63, 3.8) is 0 Å². The number of hydrogen-bond acceptors (Lipinski definition) is 6. The van der Waals surface area contributed by atoms with Crippen molar-refractivity contribution >= 4 is 29.2 Å². The highest BCUT2D eigenvalue weighted by Gasteiger charge is 2.30. The molecule has 1 atom stereocenters. The summed E-state index contributed by atoms with van der Waals surface area (Å²) < 4.78 is 10.7. The van der Waals surface area contributed by atoms with Crippen molar-refractivity contribution in [2.45, 2.75) is 26.9 Å². The van der Waals surface area contributed by atoms with Crippen molar-refractivity contribution in [2.75, 3.05) is 31.5 Å². The quantitative estimate of drug-likeness (QED) is 0.538. The Labute approximate surface area is 204 Å². The van der Waals surface area contributed by atoms with E-state index in [1.807, 2.05) is 38.1 Å². The highest BCUT2D eigenvalue weighted by atomic mass is 16.5. The number of para-hydroxylation sites is 1. The monoisotopic (exact) mass is 475 g/mol. The number of esters is 1. The molecule has 2 heterocycles. The van der Waals surface area contributed by atoms with Crippen LogP contribution in [0.25, 0.3) is 0 Å². The number of piperazine rings is 1. The summed E-state index contributed by atoms with van der Waals surface area (Å²) in [7, 11) is 0. The lowest BCUT2D eigenvalue weighted by atomic mass is 10.1. The SMILES string of the molecule is Cc1cccc(Nc2ccccc2C(=O)O[C@@H](C)C(=O)N2CCN(C(=O)c3ccco3)CC2)c1C. The number of hydrogen-bond donors (Lipinski definition) is 1. The number of carbonyl (C=O) groups excluding carboxylic acids is 3. The maximum Gasteiger partial charge on any atom is 0.341 e. The van der Waals surface area contributed by atoms with Crippen LogP contribution in [-0.4, -0.2) is 59.9 Å². The number of amides is 2. The van der Waals surface area contributed by atoms with Gasteiger partial charge in [0.05, 0.1) is 17.5 Å². The third-order valence-corrected chi connectivity index (χ3v) is 6.26. The molecule has 0 aliphatic carbocycles. The largest absolute Gasteiger partial charge is 0.459 e. The maximum atomic E-state index is 13.0. The maximum absolute atomic E-state index is 13.0. The van der Waals surface area contributed by atoms with E-state index in [-0.39, 0.29) is 17.6 Å². The molecule has 0 unspecified atom stereocenters. The molecule has 1 aliphatic heterocycles. The van der Waals surface area contributed by atoms with Gasteiger partial charge in [-0.15, -0.1) is 0 Å².